The molecule has 0 radical (unpaired) electrons. The Balaban J connectivity index is 0.000000368. The summed E-state index contributed by atoms with van der Waals surface area (Å²) in [7, 11) is 1.66. The third-order valence-corrected chi connectivity index (χ3v) is 3.45. The Kier molecular flexibility index (Phi) is 7.35. The van der Waals surface area contributed by atoms with Crippen LogP contribution in [0.1, 0.15) is 0 Å². The van der Waals surface area contributed by atoms with E-state index in [2.05, 4.69) is 27.8 Å². The van der Waals surface area contributed by atoms with Gasteiger partial charge in [-0.25, -0.2) is 0 Å². The number of para-hydroxylation sites is 2. The van der Waals surface area contributed by atoms with Gasteiger partial charge in [0, 0.05) is 29.5 Å². The van der Waals surface area contributed by atoms with Crippen molar-refractivity contribution in [1.82, 2.24) is 9.71 Å². The van der Waals surface area contributed by atoms with Gasteiger partial charge < -0.3 is 15.2 Å². The van der Waals surface area contributed by atoms with Gasteiger partial charge in [0.05, 0.1) is 13.7 Å². The number of benzene rings is 2. The number of aliphatic hydroxyl groups is 1. The highest BCUT2D eigenvalue weighted by Crippen LogP contribution is 2.30. The molecule has 0 unspecified atom stereocenters. The second-order valence-corrected chi connectivity index (χ2v) is 5.15. The number of pyridine rings is 1. The van der Waals surface area contributed by atoms with E-state index in [4.69, 9.17) is 9.84 Å². The summed E-state index contributed by atoms with van der Waals surface area (Å²) in [5.41, 5.74) is 2.94. The van der Waals surface area contributed by atoms with Crippen molar-refractivity contribution in [3.8, 4) is 5.75 Å². The van der Waals surface area contributed by atoms with E-state index in [0.29, 0.717) is 6.54 Å². The second-order valence-electron chi connectivity index (χ2n) is 4.84. The smallest absolute Gasteiger partial charge is 0.145 e. The zero-order valence-corrected chi connectivity index (χ0v) is 14.3. The molecule has 3 rings (SSSR count). The average molecular weight is 343 g/mol. The lowest BCUT2D eigenvalue weighted by atomic mass is 10.1. The largest absolute Gasteiger partial charge is 0.494 e. The lowest BCUT2D eigenvalue weighted by molar-refractivity contribution is 0.303. The average Bonchev–Trinajstić information content (AvgIpc) is 2.63. The molecule has 0 fully saturated rings. The number of aromatic nitrogens is 1. The van der Waals surface area contributed by atoms with Crippen molar-refractivity contribution >= 4 is 35.1 Å². The molecule has 0 saturated heterocycles. The highest BCUT2D eigenvalue weighted by atomic mass is 32.1. The quantitative estimate of drug-likeness (QED) is 0.535. The van der Waals surface area contributed by atoms with E-state index in [1.165, 1.54) is 0 Å². The molecule has 1 aromatic heterocycles. The fourth-order valence-corrected chi connectivity index (χ4v) is 2.25. The number of nitrogens with one attached hydrogen (secondary N) is 2. The Hall–Kier alpha value is -2.28. The maximum absolute atomic E-state index is 7.95. The molecule has 3 aromatic rings. The lowest BCUT2D eigenvalue weighted by Gasteiger charge is -2.11. The van der Waals surface area contributed by atoms with Crippen LogP contribution < -0.4 is 14.8 Å². The minimum atomic E-state index is 0.156. The van der Waals surface area contributed by atoms with E-state index < -0.39 is 0 Å². The van der Waals surface area contributed by atoms with Crippen molar-refractivity contribution in [3.63, 3.8) is 0 Å². The molecule has 0 aliphatic rings. The fourth-order valence-electron chi connectivity index (χ4n) is 2.15. The zero-order valence-electron chi connectivity index (χ0n) is 13.4. The molecule has 24 heavy (non-hydrogen) atoms. The van der Waals surface area contributed by atoms with E-state index >= 15 is 0 Å². The Morgan fingerprint density at radius 3 is 2.50 bits per heavy atom. The van der Waals surface area contributed by atoms with Gasteiger partial charge in [0.15, 0.2) is 0 Å². The van der Waals surface area contributed by atoms with Gasteiger partial charge in [0.2, 0.25) is 0 Å². The molecular weight excluding hydrogens is 322 g/mol. The second kappa shape index (κ2) is 9.77. The third kappa shape index (κ3) is 4.86. The van der Waals surface area contributed by atoms with Crippen molar-refractivity contribution in [3.05, 3.63) is 60.8 Å². The van der Waals surface area contributed by atoms with Crippen LogP contribution in [0.5, 0.6) is 5.75 Å². The number of hydrogen-bond donors (Lipinski definition) is 4. The number of methoxy groups -OCH3 is 1. The van der Waals surface area contributed by atoms with Gasteiger partial charge in [-0.1, -0.05) is 43.1 Å². The standard InChI is InChI=1S/C16H14N2O.C2H7NOS/c1-19-15-9-5-8-13-14(10-11-17-16(13)15)18-12-6-3-2-4-7-12;4-2-1-3-5/h2-11H,1H3,(H,17,18);3-5H,1-2H2. The summed E-state index contributed by atoms with van der Waals surface area (Å²) in [5, 5.41) is 12.4. The van der Waals surface area contributed by atoms with Gasteiger partial charge in [-0.05, 0) is 24.3 Å². The monoisotopic (exact) mass is 343 g/mol. The maximum Gasteiger partial charge on any atom is 0.145 e. The number of nitrogens with zero attached hydrogens (tertiary/aromatic N) is 1. The number of aliphatic hydroxyl groups excluding tert-OH is 1. The minimum absolute atomic E-state index is 0.156. The minimum Gasteiger partial charge on any atom is -0.494 e. The molecule has 0 spiro atoms. The molecule has 2 aromatic carbocycles. The zero-order chi connectivity index (χ0) is 17.2. The number of anilines is 2. The van der Waals surface area contributed by atoms with Gasteiger partial charge in [-0.3, -0.25) is 9.71 Å². The molecule has 0 bridgehead atoms. The van der Waals surface area contributed by atoms with Crippen LogP contribution in [0.4, 0.5) is 11.4 Å². The predicted molar refractivity (Wildman–Crippen MR) is 102 cm³/mol. The summed E-state index contributed by atoms with van der Waals surface area (Å²) in [6.07, 6.45) is 1.79. The molecule has 1 heterocycles. The van der Waals surface area contributed by atoms with Crippen LogP contribution in [0.15, 0.2) is 60.8 Å². The predicted octanol–water partition coefficient (Wildman–Crippen LogP) is 3.40. The summed E-state index contributed by atoms with van der Waals surface area (Å²) in [4.78, 5) is 4.39. The Labute approximate surface area is 147 Å². The molecule has 0 aliphatic heterocycles. The summed E-state index contributed by atoms with van der Waals surface area (Å²) in [6.45, 7) is 0.715. The Morgan fingerprint density at radius 1 is 1.08 bits per heavy atom. The highest BCUT2D eigenvalue weighted by molar-refractivity contribution is 7.78. The molecule has 0 amide bonds. The van der Waals surface area contributed by atoms with Crippen LogP contribution >= 0.6 is 12.8 Å². The first-order chi connectivity index (χ1) is 11.8. The highest BCUT2D eigenvalue weighted by Gasteiger charge is 2.06. The number of thiol groups is 1. The molecule has 3 N–H and O–H groups in total. The van der Waals surface area contributed by atoms with Crippen molar-refractivity contribution in [2.75, 3.05) is 25.6 Å². The van der Waals surface area contributed by atoms with Gasteiger partial charge in [-0.2, -0.15) is 0 Å². The molecule has 5 nitrogen and oxygen atoms in total. The Bertz CT molecular complexity index is 752. The maximum atomic E-state index is 7.95. The lowest BCUT2D eigenvalue weighted by Crippen LogP contribution is -2.04. The summed E-state index contributed by atoms with van der Waals surface area (Å²) in [5.74, 6) is 0.786. The summed E-state index contributed by atoms with van der Waals surface area (Å²) >= 11 is 3.59. The van der Waals surface area contributed by atoms with Crippen LogP contribution in [-0.2, 0) is 0 Å². The number of ether oxygens (including phenoxy) is 1. The van der Waals surface area contributed by atoms with E-state index in [1.807, 2.05) is 54.6 Å². The molecule has 6 heteroatoms. The molecule has 0 saturated carbocycles. The first-order valence-electron chi connectivity index (χ1n) is 7.51. The molecular formula is C18H21N3O2S. The summed E-state index contributed by atoms with van der Waals surface area (Å²) in [6, 6.07) is 18.0. The number of rotatable bonds is 5. The molecule has 126 valence electrons. The number of fused-ring (bicyclic) bond motifs is 1. The summed E-state index contributed by atoms with van der Waals surface area (Å²) < 4.78 is 7.80. The third-order valence-electron chi connectivity index (χ3n) is 3.23. The van der Waals surface area contributed by atoms with Crippen molar-refractivity contribution in [1.29, 1.82) is 0 Å². The topological polar surface area (TPSA) is 66.4 Å². The van der Waals surface area contributed by atoms with Crippen LogP contribution in [0, 0.1) is 0 Å². The van der Waals surface area contributed by atoms with E-state index in [-0.39, 0.29) is 6.61 Å². The van der Waals surface area contributed by atoms with Crippen LogP contribution in [0.2, 0.25) is 0 Å². The fraction of sp³-hybridized carbons (Fsp3) is 0.167. The van der Waals surface area contributed by atoms with E-state index in [1.54, 1.807) is 13.3 Å². The molecule has 0 atom stereocenters. The van der Waals surface area contributed by atoms with E-state index in [9.17, 15) is 0 Å². The van der Waals surface area contributed by atoms with E-state index in [0.717, 1.165) is 28.0 Å². The SMILES string of the molecule is COc1cccc2c(Nc3ccccc3)ccnc12.OCCNS. The first-order valence-corrected chi connectivity index (χ1v) is 7.96. The molecule has 0 aliphatic carbocycles. The van der Waals surface area contributed by atoms with Crippen LogP contribution in [0.25, 0.3) is 10.9 Å². The van der Waals surface area contributed by atoms with Crippen molar-refractivity contribution in [2.24, 2.45) is 0 Å². The van der Waals surface area contributed by atoms with Gasteiger partial charge in [-0.15, -0.1) is 0 Å². The Morgan fingerprint density at radius 2 is 1.88 bits per heavy atom. The first kappa shape index (κ1) is 18.1. The normalized spacial score (nSPS) is 9.96. The van der Waals surface area contributed by atoms with Crippen LogP contribution in [0.3, 0.4) is 0 Å². The van der Waals surface area contributed by atoms with Crippen molar-refractivity contribution in [2.45, 2.75) is 0 Å². The van der Waals surface area contributed by atoms with Gasteiger partial charge in [0.25, 0.3) is 0 Å². The van der Waals surface area contributed by atoms with Gasteiger partial charge >= 0.3 is 0 Å². The van der Waals surface area contributed by atoms with Crippen LogP contribution in [-0.4, -0.2) is 30.4 Å². The van der Waals surface area contributed by atoms with Crippen molar-refractivity contribution < 1.29 is 9.84 Å². The number of hydrogen-bond acceptors (Lipinski definition) is 6. The van der Waals surface area contributed by atoms with Gasteiger partial charge in [0.1, 0.15) is 11.3 Å².